The van der Waals surface area contributed by atoms with Gasteiger partial charge in [0, 0.05) is 71.4 Å². The van der Waals surface area contributed by atoms with E-state index in [-0.39, 0.29) is 0 Å². The lowest BCUT2D eigenvalue weighted by atomic mass is 10.2. The van der Waals surface area contributed by atoms with Crippen molar-refractivity contribution in [2.45, 2.75) is 13.5 Å². The van der Waals surface area contributed by atoms with Gasteiger partial charge in [0.15, 0.2) is 0 Å². The van der Waals surface area contributed by atoms with Crippen LogP contribution in [0.4, 0.5) is 11.6 Å². The molecule has 154 valence electrons. The molecule has 0 spiro atoms. The molecular weight excluding hydrogens is 368 g/mol. The van der Waals surface area contributed by atoms with Gasteiger partial charge in [0.1, 0.15) is 18.0 Å². The molecule has 3 aromatic rings. The van der Waals surface area contributed by atoms with Crippen molar-refractivity contribution < 1.29 is 4.74 Å². The van der Waals surface area contributed by atoms with Crippen molar-refractivity contribution in [2.75, 3.05) is 63.3 Å². The molecule has 0 amide bonds. The summed E-state index contributed by atoms with van der Waals surface area (Å²) in [6, 6.07) is 6.34. The average Bonchev–Trinajstić information content (AvgIpc) is 3.21. The van der Waals surface area contributed by atoms with Crippen LogP contribution in [0.15, 0.2) is 30.7 Å². The van der Waals surface area contributed by atoms with E-state index in [1.807, 2.05) is 24.7 Å². The molecule has 0 atom stereocenters. The highest BCUT2D eigenvalue weighted by Crippen LogP contribution is 2.19. The smallest absolute Gasteiger partial charge is 0.254 e. The quantitative estimate of drug-likeness (QED) is 0.590. The Morgan fingerprint density at radius 3 is 2.69 bits per heavy atom. The number of fused-ring (bicyclic) bond motifs is 1. The lowest BCUT2D eigenvalue weighted by molar-refractivity contribution is 0.206. The molecule has 9 nitrogen and oxygen atoms in total. The van der Waals surface area contributed by atoms with Crippen LogP contribution in [-0.4, -0.2) is 83.0 Å². The molecule has 0 radical (unpaired) electrons. The molecular formula is C20H28N8O. The second-order valence-corrected chi connectivity index (χ2v) is 7.43. The number of hydrogen-bond acceptors (Lipinski definition) is 8. The molecule has 0 unspecified atom stereocenters. The fraction of sp³-hybridized carbons (Fsp3) is 0.500. The van der Waals surface area contributed by atoms with Crippen molar-refractivity contribution in [1.82, 2.24) is 29.5 Å². The maximum absolute atomic E-state index is 5.13. The highest BCUT2D eigenvalue weighted by atomic mass is 16.5. The second-order valence-electron chi connectivity index (χ2n) is 7.43. The SMILES string of the molecule is COCCN(C)c1ccc(CN2CCN(c3cc(C)nc4ncnn34)CC2)cn1. The molecule has 0 aliphatic carbocycles. The Bertz CT molecular complexity index is 933. The third kappa shape index (κ3) is 4.46. The van der Waals surface area contributed by atoms with Crippen LogP contribution in [0.25, 0.3) is 5.78 Å². The first kappa shape index (κ1) is 19.5. The van der Waals surface area contributed by atoms with E-state index in [4.69, 9.17) is 4.74 Å². The Labute approximate surface area is 170 Å². The van der Waals surface area contributed by atoms with E-state index in [2.05, 4.69) is 52.9 Å². The maximum Gasteiger partial charge on any atom is 0.254 e. The number of aryl methyl sites for hydroxylation is 1. The van der Waals surface area contributed by atoms with Crippen LogP contribution in [0, 0.1) is 6.92 Å². The number of ether oxygens (including phenoxy) is 1. The third-order valence-electron chi connectivity index (χ3n) is 5.29. The van der Waals surface area contributed by atoms with Crippen LogP contribution in [0.2, 0.25) is 0 Å². The molecule has 9 heteroatoms. The van der Waals surface area contributed by atoms with Gasteiger partial charge in [-0.25, -0.2) is 9.97 Å². The van der Waals surface area contributed by atoms with E-state index < -0.39 is 0 Å². The summed E-state index contributed by atoms with van der Waals surface area (Å²) in [6.45, 7) is 8.32. The van der Waals surface area contributed by atoms with E-state index in [1.165, 1.54) is 5.56 Å². The zero-order chi connectivity index (χ0) is 20.2. The molecule has 29 heavy (non-hydrogen) atoms. The van der Waals surface area contributed by atoms with E-state index in [9.17, 15) is 0 Å². The summed E-state index contributed by atoms with van der Waals surface area (Å²) in [6.07, 6.45) is 3.54. The molecule has 0 bridgehead atoms. The Hall–Kier alpha value is -2.78. The number of hydrogen-bond donors (Lipinski definition) is 0. The molecule has 1 aliphatic rings. The fourth-order valence-corrected chi connectivity index (χ4v) is 3.61. The van der Waals surface area contributed by atoms with E-state index in [1.54, 1.807) is 13.4 Å². The summed E-state index contributed by atoms with van der Waals surface area (Å²) in [5, 5.41) is 4.33. The highest BCUT2D eigenvalue weighted by molar-refractivity contribution is 5.47. The lowest BCUT2D eigenvalue weighted by Gasteiger charge is -2.36. The van der Waals surface area contributed by atoms with Crippen molar-refractivity contribution in [3.63, 3.8) is 0 Å². The zero-order valence-electron chi connectivity index (χ0n) is 17.3. The molecule has 1 fully saturated rings. The highest BCUT2D eigenvalue weighted by Gasteiger charge is 2.20. The number of pyridine rings is 1. The van der Waals surface area contributed by atoms with Gasteiger partial charge in [-0.15, -0.1) is 0 Å². The van der Waals surface area contributed by atoms with Crippen LogP contribution < -0.4 is 9.80 Å². The van der Waals surface area contributed by atoms with Crippen molar-refractivity contribution in [3.05, 3.63) is 42.0 Å². The lowest BCUT2D eigenvalue weighted by Crippen LogP contribution is -2.46. The second kappa shape index (κ2) is 8.71. The van der Waals surface area contributed by atoms with Crippen molar-refractivity contribution in [1.29, 1.82) is 0 Å². The minimum atomic E-state index is 0.657. The molecule has 0 aromatic carbocycles. The normalized spacial score (nSPS) is 15.2. The molecule has 1 aliphatic heterocycles. The Morgan fingerprint density at radius 2 is 1.97 bits per heavy atom. The molecule has 1 saturated heterocycles. The standard InChI is InChI=1S/C20H28N8O/c1-16-12-19(28-20(24-16)22-15-23-28)27-8-6-26(7-9-27)14-17-4-5-18(21-13-17)25(2)10-11-29-3/h4-5,12-13,15H,6-11,14H2,1-3H3. The van der Waals surface area contributed by atoms with Gasteiger partial charge < -0.3 is 14.5 Å². The first-order valence-corrected chi connectivity index (χ1v) is 9.94. The van der Waals surface area contributed by atoms with Crippen LogP contribution in [0.3, 0.4) is 0 Å². The third-order valence-corrected chi connectivity index (χ3v) is 5.29. The Kier molecular flexibility index (Phi) is 5.86. The number of aromatic nitrogens is 5. The molecule has 3 aromatic heterocycles. The largest absolute Gasteiger partial charge is 0.383 e. The van der Waals surface area contributed by atoms with E-state index in [0.29, 0.717) is 12.4 Å². The summed E-state index contributed by atoms with van der Waals surface area (Å²) in [7, 11) is 3.75. The molecule has 4 rings (SSSR count). The van der Waals surface area contributed by atoms with E-state index >= 15 is 0 Å². The van der Waals surface area contributed by atoms with E-state index in [0.717, 1.165) is 56.6 Å². The summed E-state index contributed by atoms with van der Waals surface area (Å²) in [4.78, 5) is 20.2. The number of likely N-dealkylation sites (N-methyl/N-ethyl adjacent to an activating group) is 1. The monoisotopic (exact) mass is 396 g/mol. The number of piperazine rings is 1. The zero-order valence-corrected chi connectivity index (χ0v) is 17.3. The van der Waals surface area contributed by atoms with Gasteiger partial charge in [-0.2, -0.15) is 14.6 Å². The predicted molar refractivity (Wildman–Crippen MR) is 112 cm³/mol. The van der Waals surface area contributed by atoms with Gasteiger partial charge >= 0.3 is 0 Å². The van der Waals surface area contributed by atoms with Gasteiger partial charge in [0.25, 0.3) is 5.78 Å². The van der Waals surface area contributed by atoms with Crippen LogP contribution >= 0.6 is 0 Å². The molecule has 0 saturated carbocycles. The average molecular weight is 396 g/mol. The van der Waals surface area contributed by atoms with Gasteiger partial charge in [0.2, 0.25) is 0 Å². The Balaban J connectivity index is 1.35. The first-order chi connectivity index (χ1) is 14.1. The summed E-state index contributed by atoms with van der Waals surface area (Å²) in [5.41, 5.74) is 2.20. The number of rotatable bonds is 7. The fourth-order valence-electron chi connectivity index (χ4n) is 3.61. The number of anilines is 2. The maximum atomic E-state index is 5.13. The van der Waals surface area contributed by atoms with Crippen molar-refractivity contribution in [3.8, 4) is 0 Å². The topological polar surface area (TPSA) is 74.9 Å². The van der Waals surface area contributed by atoms with Gasteiger partial charge in [0.05, 0.1) is 6.61 Å². The minimum absolute atomic E-state index is 0.657. The van der Waals surface area contributed by atoms with Gasteiger partial charge in [-0.05, 0) is 18.6 Å². The van der Waals surface area contributed by atoms with Crippen molar-refractivity contribution >= 4 is 17.4 Å². The number of nitrogens with zero attached hydrogens (tertiary/aromatic N) is 8. The predicted octanol–water partition coefficient (Wildman–Crippen LogP) is 1.23. The Morgan fingerprint density at radius 1 is 1.14 bits per heavy atom. The van der Waals surface area contributed by atoms with Crippen LogP contribution in [0.5, 0.6) is 0 Å². The summed E-state index contributed by atoms with van der Waals surface area (Å²) in [5.74, 6) is 2.69. The number of methoxy groups -OCH3 is 1. The van der Waals surface area contributed by atoms with Crippen LogP contribution in [0.1, 0.15) is 11.3 Å². The molecule has 4 heterocycles. The summed E-state index contributed by atoms with van der Waals surface area (Å²) < 4.78 is 6.96. The van der Waals surface area contributed by atoms with Gasteiger partial charge in [-0.3, -0.25) is 4.90 Å². The van der Waals surface area contributed by atoms with Crippen molar-refractivity contribution in [2.24, 2.45) is 0 Å². The van der Waals surface area contributed by atoms with Crippen LogP contribution in [-0.2, 0) is 11.3 Å². The summed E-state index contributed by atoms with van der Waals surface area (Å²) >= 11 is 0. The molecule has 0 N–H and O–H groups in total. The first-order valence-electron chi connectivity index (χ1n) is 9.94. The minimum Gasteiger partial charge on any atom is -0.383 e. The van der Waals surface area contributed by atoms with Gasteiger partial charge in [-0.1, -0.05) is 6.07 Å².